The van der Waals surface area contributed by atoms with Crippen LogP contribution in [-0.2, 0) is 57.3 Å². The zero-order valence-electron chi connectivity index (χ0n) is 14.2. The fourth-order valence-corrected chi connectivity index (χ4v) is 5.20. The van der Waals surface area contributed by atoms with Gasteiger partial charge in [-0.05, 0) is 6.42 Å². The molecule has 150 valence electrons. The molecule has 12 heteroatoms. The maximum Gasteiger partial charge on any atom is 0.318 e. The van der Waals surface area contributed by atoms with Crippen molar-refractivity contribution in [3.63, 3.8) is 0 Å². The first-order valence-corrected chi connectivity index (χ1v) is 8.73. The molecule has 0 spiro atoms. The smallest absolute Gasteiger partial charge is 0.318 e. The number of hydrogen-bond acceptors (Lipinski definition) is 12. The summed E-state index contributed by atoms with van der Waals surface area (Å²) < 4.78 is 18.5. The Hall–Kier alpha value is -3.44. The van der Waals surface area contributed by atoms with E-state index in [9.17, 15) is 38.4 Å². The highest BCUT2D eigenvalue weighted by Crippen LogP contribution is 2.53. The lowest BCUT2D eigenvalue weighted by Crippen LogP contribution is -2.45. The molecule has 5 rings (SSSR count). The lowest BCUT2D eigenvalue weighted by atomic mass is 9.69. The Morgan fingerprint density at radius 1 is 0.379 bits per heavy atom. The third kappa shape index (κ3) is 2.13. The molecule has 4 aliphatic heterocycles. The van der Waals surface area contributed by atoms with E-state index >= 15 is 0 Å². The zero-order valence-corrected chi connectivity index (χ0v) is 14.2. The molecule has 12 nitrogen and oxygen atoms in total. The van der Waals surface area contributed by atoms with Crippen LogP contribution < -0.4 is 0 Å². The number of esters is 8. The maximum absolute atomic E-state index is 12.4. The van der Waals surface area contributed by atoms with E-state index in [4.69, 9.17) is 0 Å². The van der Waals surface area contributed by atoms with Gasteiger partial charge >= 0.3 is 47.8 Å². The Balaban J connectivity index is 1.75. The molecule has 4 heterocycles. The van der Waals surface area contributed by atoms with Crippen molar-refractivity contribution in [1.29, 1.82) is 0 Å². The molecule has 4 saturated heterocycles. The summed E-state index contributed by atoms with van der Waals surface area (Å²) in [7, 11) is 0. The summed E-state index contributed by atoms with van der Waals surface area (Å²) in [6.07, 6.45) is -0.409. The second kappa shape index (κ2) is 5.55. The van der Waals surface area contributed by atoms with E-state index in [0.717, 1.165) is 0 Å². The molecule has 1 aliphatic carbocycles. The number of hydrogen-bond donors (Lipinski definition) is 0. The van der Waals surface area contributed by atoms with Gasteiger partial charge < -0.3 is 18.9 Å². The van der Waals surface area contributed by atoms with Crippen LogP contribution in [0.3, 0.4) is 0 Å². The van der Waals surface area contributed by atoms with Gasteiger partial charge in [-0.2, -0.15) is 0 Å². The first-order chi connectivity index (χ1) is 13.7. The molecule has 0 radical (unpaired) electrons. The van der Waals surface area contributed by atoms with Crippen LogP contribution in [0.4, 0.5) is 0 Å². The third-order valence-corrected chi connectivity index (χ3v) is 6.35. The Morgan fingerprint density at radius 2 is 0.621 bits per heavy atom. The highest BCUT2D eigenvalue weighted by molar-refractivity contribution is 6.09. The molecule has 2 bridgehead atoms. The van der Waals surface area contributed by atoms with E-state index in [2.05, 4.69) is 18.9 Å². The van der Waals surface area contributed by atoms with Gasteiger partial charge in [-0.15, -0.1) is 0 Å². The Bertz CT molecular complexity index is 887. The van der Waals surface area contributed by atoms with Gasteiger partial charge in [-0.3, -0.25) is 38.4 Å². The van der Waals surface area contributed by atoms with E-state index in [1.165, 1.54) is 0 Å². The van der Waals surface area contributed by atoms with E-state index in [1.807, 2.05) is 0 Å². The summed E-state index contributed by atoms with van der Waals surface area (Å²) in [5.74, 6) is -21.6. The number of carbonyl (C=O) groups is 8. The molecule has 8 atom stereocenters. The Labute approximate surface area is 159 Å². The van der Waals surface area contributed by atoms with Gasteiger partial charge in [0.15, 0.2) is 0 Å². The van der Waals surface area contributed by atoms with E-state index in [1.54, 1.807) is 0 Å². The molecule has 5 aliphatic rings. The second-order valence-electron chi connectivity index (χ2n) is 7.56. The van der Waals surface area contributed by atoms with Crippen molar-refractivity contribution in [2.75, 3.05) is 0 Å². The van der Waals surface area contributed by atoms with Crippen LogP contribution in [0.5, 0.6) is 0 Å². The summed E-state index contributed by atoms with van der Waals surface area (Å²) in [5, 5.41) is 0. The minimum Gasteiger partial charge on any atom is -0.393 e. The molecule has 0 aromatic carbocycles. The molecular formula is C17H10O12. The summed E-state index contributed by atoms with van der Waals surface area (Å²) in [6.45, 7) is 0. The molecule has 1 saturated carbocycles. The van der Waals surface area contributed by atoms with Crippen LogP contribution in [0.25, 0.3) is 0 Å². The number of fused-ring (bicyclic) bond motifs is 9. The lowest BCUT2D eigenvalue weighted by Gasteiger charge is -2.31. The second-order valence-corrected chi connectivity index (χ2v) is 7.56. The van der Waals surface area contributed by atoms with Gasteiger partial charge in [0.25, 0.3) is 0 Å². The van der Waals surface area contributed by atoms with Crippen molar-refractivity contribution < 1.29 is 57.3 Å². The van der Waals surface area contributed by atoms with E-state index in [0.29, 0.717) is 0 Å². The minimum atomic E-state index is -1.65. The molecule has 0 N–H and O–H groups in total. The van der Waals surface area contributed by atoms with Gasteiger partial charge in [0.2, 0.25) is 0 Å². The largest absolute Gasteiger partial charge is 0.393 e. The Morgan fingerprint density at radius 3 is 0.966 bits per heavy atom. The summed E-state index contributed by atoms with van der Waals surface area (Å²) in [5.41, 5.74) is 0. The highest BCUT2D eigenvalue weighted by atomic mass is 16.6. The number of carbonyl (C=O) groups excluding carboxylic acids is 8. The van der Waals surface area contributed by atoms with Gasteiger partial charge in [0.05, 0.1) is 47.3 Å². The fourth-order valence-electron chi connectivity index (χ4n) is 5.20. The molecule has 0 aromatic heterocycles. The van der Waals surface area contributed by atoms with Crippen molar-refractivity contribution in [3.8, 4) is 0 Å². The minimum absolute atomic E-state index is 0.409. The third-order valence-electron chi connectivity index (χ3n) is 6.35. The van der Waals surface area contributed by atoms with Crippen LogP contribution in [0.15, 0.2) is 0 Å². The zero-order chi connectivity index (χ0) is 20.8. The van der Waals surface area contributed by atoms with Gasteiger partial charge in [-0.1, -0.05) is 0 Å². The fraction of sp³-hybridized carbons (Fsp3) is 0.529. The molecule has 8 unspecified atom stereocenters. The lowest BCUT2D eigenvalue weighted by molar-refractivity contribution is -0.180. The topological polar surface area (TPSA) is 173 Å². The monoisotopic (exact) mass is 406 g/mol. The first-order valence-electron chi connectivity index (χ1n) is 8.73. The quantitative estimate of drug-likeness (QED) is 0.238. The summed E-state index contributed by atoms with van der Waals surface area (Å²) >= 11 is 0. The van der Waals surface area contributed by atoms with Crippen molar-refractivity contribution in [3.05, 3.63) is 0 Å². The maximum atomic E-state index is 12.4. The average Bonchev–Trinajstić information content (AvgIpc) is 3.19. The molecule has 0 aromatic rings. The van der Waals surface area contributed by atoms with Gasteiger partial charge in [-0.25, -0.2) is 0 Å². The summed E-state index contributed by atoms with van der Waals surface area (Å²) in [4.78, 5) is 99.0. The Kier molecular flexibility index (Phi) is 3.38. The SMILES string of the molecule is O=C1OC(=O)C2CC1C1C(=O)OC(=O)C1C1C(=O)OC(=O)C1C1C(=O)OC(=O)C21. The molecule has 0 amide bonds. The average molecular weight is 406 g/mol. The van der Waals surface area contributed by atoms with Crippen LogP contribution in [0.2, 0.25) is 0 Å². The first kappa shape index (κ1) is 17.6. The number of rotatable bonds is 0. The molecule has 29 heavy (non-hydrogen) atoms. The van der Waals surface area contributed by atoms with Gasteiger partial charge in [0.1, 0.15) is 0 Å². The van der Waals surface area contributed by atoms with Crippen molar-refractivity contribution >= 4 is 47.8 Å². The van der Waals surface area contributed by atoms with Crippen LogP contribution >= 0.6 is 0 Å². The molecular weight excluding hydrogens is 396 g/mol. The van der Waals surface area contributed by atoms with Crippen LogP contribution in [0.1, 0.15) is 6.42 Å². The van der Waals surface area contributed by atoms with E-state index < -0.39 is 102 Å². The normalized spacial score (nSPS) is 43.3. The number of ether oxygens (including phenoxy) is 4. The highest BCUT2D eigenvalue weighted by Gasteiger charge is 2.70. The predicted molar refractivity (Wildman–Crippen MR) is 76.9 cm³/mol. The van der Waals surface area contributed by atoms with E-state index in [-0.39, 0.29) is 0 Å². The van der Waals surface area contributed by atoms with Crippen molar-refractivity contribution in [2.24, 2.45) is 47.3 Å². The van der Waals surface area contributed by atoms with Crippen LogP contribution in [-0.4, -0.2) is 47.8 Å². The van der Waals surface area contributed by atoms with Crippen LogP contribution in [0, 0.1) is 47.3 Å². The molecule has 5 fully saturated rings. The summed E-state index contributed by atoms with van der Waals surface area (Å²) in [6, 6.07) is 0. The predicted octanol–water partition coefficient (Wildman–Crippen LogP) is -2.35. The standard InChI is InChI=1S/C17H10O12/c18-10-2-1-3(11(19)26-10)5-7(15(23)28-13(5)21)9-8(16(24)29-17(9)25)6-4(2)12(20)27-14(6)22/h2-9H,1H2. The number of cyclic esters (lactones) is 8. The van der Waals surface area contributed by atoms with Crippen molar-refractivity contribution in [1.82, 2.24) is 0 Å². The van der Waals surface area contributed by atoms with Gasteiger partial charge in [0, 0.05) is 0 Å². The van der Waals surface area contributed by atoms with Crippen molar-refractivity contribution in [2.45, 2.75) is 6.42 Å².